The van der Waals surface area contributed by atoms with E-state index in [1.807, 2.05) is 36.4 Å². The fourth-order valence-corrected chi connectivity index (χ4v) is 6.33. The van der Waals surface area contributed by atoms with E-state index in [-0.39, 0.29) is 35.6 Å². The second-order valence-electron chi connectivity index (χ2n) is 10.4. The second kappa shape index (κ2) is 11.6. The van der Waals surface area contributed by atoms with Crippen molar-refractivity contribution in [2.24, 2.45) is 0 Å². The number of benzene rings is 3. The molecule has 0 bridgehead atoms. The van der Waals surface area contributed by atoms with Crippen LogP contribution in [0.1, 0.15) is 16.8 Å². The van der Waals surface area contributed by atoms with Crippen LogP contribution < -0.4 is 9.62 Å². The SMILES string of the molecule is CNC(=O)c1c(-c2ccc(F)cc2)oc2cc(N(CCCF)S(C)(=O)=O)c(-c3cncc(-c4cc5ccccc5[nH]4)c3)cc12. The van der Waals surface area contributed by atoms with Crippen LogP contribution in [-0.2, 0) is 10.0 Å². The van der Waals surface area contributed by atoms with Crippen LogP contribution in [0, 0.1) is 5.82 Å². The van der Waals surface area contributed by atoms with Gasteiger partial charge in [0.2, 0.25) is 10.0 Å². The van der Waals surface area contributed by atoms with Crippen LogP contribution in [0.4, 0.5) is 14.5 Å². The van der Waals surface area contributed by atoms with Gasteiger partial charge >= 0.3 is 0 Å². The molecule has 0 saturated carbocycles. The van der Waals surface area contributed by atoms with Gasteiger partial charge in [-0.1, -0.05) is 18.2 Å². The Kier molecular flexibility index (Phi) is 7.64. The van der Waals surface area contributed by atoms with Crippen molar-refractivity contribution in [1.82, 2.24) is 15.3 Å². The number of alkyl halides is 1. The molecule has 0 radical (unpaired) electrons. The minimum Gasteiger partial charge on any atom is -0.455 e. The predicted molar refractivity (Wildman–Crippen MR) is 168 cm³/mol. The molecule has 224 valence electrons. The van der Waals surface area contributed by atoms with E-state index in [2.05, 4.69) is 15.3 Å². The number of rotatable bonds is 9. The topological polar surface area (TPSA) is 108 Å². The Morgan fingerprint density at radius 3 is 2.45 bits per heavy atom. The highest BCUT2D eigenvalue weighted by atomic mass is 32.2. The van der Waals surface area contributed by atoms with Crippen LogP contribution in [-0.4, -0.2) is 50.8 Å². The lowest BCUT2D eigenvalue weighted by molar-refractivity contribution is 0.0964. The molecule has 0 aliphatic rings. The van der Waals surface area contributed by atoms with Crippen molar-refractivity contribution in [2.75, 3.05) is 30.8 Å². The Morgan fingerprint density at radius 1 is 1.00 bits per heavy atom. The molecule has 3 aromatic heterocycles. The van der Waals surface area contributed by atoms with Gasteiger partial charge in [0.05, 0.1) is 24.2 Å². The van der Waals surface area contributed by atoms with Gasteiger partial charge in [-0.25, -0.2) is 12.8 Å². The van der Waals surface area contributed by atoms with Crippen LogP contribution in [0.5, 0.6) is 0 Å². The summed E-state index contributed by atoms with van der Waals surface area (Å²) in [4.78, 5) is 21.1. The van der Waals surface area contributed by atoms with Crippen molar-refractivity contribution in [1.29, 1.82) is 0 Å². The molecule has 1 amide bonds. The number of nitrogens with zero attached hydrogens (tertiary/aromatic N) is 2. The van der Waals surface area contributed by atoms with Crippen molar-refractivity contribution >= 4 is 43.5 Å². The number of aromatic amines is 1. The van der Waals surface area contributed by atoms with E-state index in [4.69, 9.17) is 4.42 Å². The zero-order valence-electron chi connectivity index (χ0n) is 23.9. The third-order valence-electron chi connectivity index (χ3n) is 7.42. The molecule has 6 rings (SSSR count). The van der Waals surface area contributed by atoms with Gasteiger partial charge in [-0.3, -0.25) is 18.5 Å². The molecule has 0 fully saturated rings. The number of hydrogen-bond acceptors (Lipinski definition) is 5. The van der Waals surface area contributed by atoms with Gasteiger partial charge in [0.15, 0.2) is 0 Å². The zero-order valence-corrected chi connectivity index (χ0v) is 24.7. The standard InChI is InChI=1S/C33H28F2N4O4S/c1-36-33(40)31-26-16-25(22-14-23(19-37-18-22)28-15-21-6-3-4-7-27(21)38-28)29(39(13-5-12-34)44(2,41)42)17-30(26)43-32(31)20-8-10-24(35)11-9-20/h3-4,6-11,14-19,38H,5,12-13H2,1-2H3,(H,36,40). The molecule has 11 heteroatoms. The zero-order chi connectivity index (χ0) is 31.0. The van der Waals surface area contributed by atoms with Crippen molar-refractivity contribution in [3.05, 3.63) is 96.6 Å². The van der Waals surface area contributed by atoms with Crippen molar-refractivity contribution in [2.45, 2.75) is 6.42 Å². The largest absolute Gasteiger partial charge is 0.455 e. The summed E-state index contributed by atoms with van der Waals surface area (Å²) in [6, 6.07) is 20.5. The smallest absolute Gasteiger partial charge is 0.255 e. The van der Waals surface area contributed by atoms with Gasteiger partial charge in [-0.15, -0.1) is 0 Å². The maximum atomic E-state index is 13.7. The van der Waals surface area contributed by atoms with Gasteiger partial charge in [0.1, 0.15) is 17.2 Å². The molecule has 44 heavy (non-hydrogen) atoms. The normalized spacial score (nSPS) is 11.7. The third-order valence-corrected chi connectivity index (χ3v) is 8.60. The van der Waals surface area contributed by atoms with Crippen LogP contribution in [0.2, 0.25) is 0 Å². The average molecular weight is 615 g/mol. The van der Waals surface area contributed by atoms with E-state index >= 15 is 0 Å². The number of pyridine rings is 1. The lowest BCUT2D eigenvalue weighted by atomic mass is 9.98. The van der Waals surface area contributed by atoms with E-state index in [9.17, 15) is 22.0 Å². The number of hydrogen-bond donors (Lipinski definition) is 2. The van der Waals surface area contributed by atoms with E-state index < -0.39 is 28.4 Å². The quantitative estimate of drug-likeness (QED) is 0.184. The fourth-order valence-electron chi connectivity index (χ4n) is 5.36. The first-order chi connectivity index (χ1) is 21.2. The highest BCUT2D eigenvalue weighted by Crippen LogP contribution is 2.42. The summed E-state index contributed by atoms with van der Waals surface area (Å²) in [6.45, 7) is -0.825. The van der Waals surface area contributed by atoms with Crippen LogP contribution >= 0.6 is 0 Å². The second-order valence-corrected chi connectivity index (χ2v) is 12.3. The van der Waals surface area contributed by atoms with E-state index in [0.29, 0.717) is 22.1 Å². The number of fused-ring (bicyclic) bond motifs is 2. The van der Waals surface area contributed by atoms with Crippen LogP contribution in [0.3, 0.4) is 0 Å². The number of para-hydroxylation sites is 1. The number of nitrogens with one attached hydrogen (secondary N) is 2. The van der Waals surface area contributed by atoms with Crippen LogP contribution in [0.15, 0.2) is 89.6 Å². The summed E-state index contributed by atoms with van der Waals surface area (Å²) in [5.74, 6) is -0.693. The monoisotopic (exact) mass is 614 g/mol. The Hall–Kier alpha value is -5.03. The van der Waals surface area contributed by atoms with Crippen molar-refractivity contribution in [3.8, 4) is 33.7 Å². The van der Waals surface area contributed by atoms with E-state index in [0.717, 1.165) is 32.7 Å². The summed E-state index contributed by atoms with van der Waals surface area (Å²) in [6.07, 6.45) is 4.33. The highest BCUT2D eigenvalue weighted by Gasteiger charge is 2.27. The molecule has 0 aliphatic carbocycles. The molecule has 0 saturated heterocycles. The van der Waals surface area contributed by atoms with Crippen molar-refractivity contribution < 1.29 is 26.4 Å². The molecular weight excluding hydrogens is 586 g/mol. The van der Waals surface area contributed by atoms with E-state index in [1.54, 1.807) is 24.5 Å². The average Bonchev–Trinajstić information content (AvgIpc) is 3.62. The number of H-pyrrole nitrogens is 1. The highest BCUT2D eigenvalue weighted by molar-refractivity contribution is 7.92. The van der Waals surface area contributed by atoms with Gasteiger partial charge in [-0.05, 0) is 55.0 Å². The molecule has 8 nitrogen and oxygen atoms in total. The first kappa shape index (κ1) is 29.1. The Balaban J connectivity index is 1.62. The Labute approximate surface area is 252 Å². The molecule has 0 unspecified atom stereocenters. The molecule has 6 aromatic rings. The van der Waals surface area contributed by atoms with Gasteiger partial charge < -0.3 is 14.7 Å². The minimum atomic E-state index is -3.87. The molecule has 3 aromatic carbocycles. The predicted octanol–water partition coefficient (Wildman–Crippen LogP) is 6.93. The number of sulfonamides is 1. The lowest BCUT2D eigenvalue weighted by Gasteiger charge is -2.25. The van der Waals surface area contributed by atoms with Gasteiger partial charge in [-0.2, -0.15) is 0 Å². The number of carbonyl (C=O) groups is 1. The number of carbonyl (C=O) groups excluding carboxylic acids is 1. The first-order valence-electron chi connectivity index (χ1n) is 13.8. The van der Waals surface area contributed by atoms with E-state index in [1.165, 1.54) is 31.3 Å². The van der Waals surface area contributed by atoms with Crippen molar-refractivity contribution in [3.63, 3.8) is 0 Å². The maximum Gasteiger partial charge on any atom is 0.255 e. The summed E-state index contributed by atoms with van der Waals surface area (Å²) in [7, 11) is -2.39. The number of furan rings is 1. The molecule has 0 atom stereocenters. The molecule has 3 heterocycles. The number of amides is 1. The van der Waals surface area contributed by atoms with Gasteiger partial charge in [0.25, 0.3) is 5.91 Å². The van der Waals surface area contributed by atoms with Gasteiger partial charge in [0, 0.05) is 76.3 Å². The summed E-state index contributed by atoms with van der Waals surface area (Å²) < 4.78 is 60.5. The molecule has 0 spiro atoms. The molecule has 2 N–H and O–H groups in total. The Bertz CT molecular complexity index is 2090. The number of anilines is 1. The number of halogens is 2. The summed E-state index contributed by atoms with van der Waals surface area (Å²) >= 11 is 0. The minimum absolute atomic E-state index is 0.0274. The third kappa shape index (κ3) is 5.42. The summed E-state index contributed by atoms with van der Waals surface area (Å²) in [5, 5.41) is 4.07. The lowest BCUT2D eigenvalue weighted by Crippen LogP contribution is -2.31. The molecule has 0 aliphatic heterocycles. The first-order valence-corrected chi connectivity index (χ1v) is 15.7. The number of aromatic nitrogens is 2. The maximum absolute atomic E-state index is 13.7. The summed E-state index contributed by atoms with van der Waals surface area (Å²) in [5.41, 5.74) is 4.68. The van der Waals surface area contributed by atoms with Crippen LogP contribution in [0.25, 0.3) is 55.6 Å². The fraction of sp³-hybridized carbons (Fsp3) is 0.152. The molecular formula is C33H28F2N4O4S. The Morgan fingerprint density at radius 2 is 1.75 bits per heavy atom.